The Bertz CT molecular complexity index is 318. The molecule has 5 nitrogen and oxygen atoms in total. The summed E-state index contributed by atoms with van der Waals surface area (Å²) in [5.74, 6) is -0.843. The standard InChI is InChI=1S/C12H19NO4/c1-8-5-7-17-10(8)11(14)13-6-3-2-4-9(13)12(15)16/h8-10H,2-7H2,1H3,(H,15,16)/t8?,9-,10?/m1/s1. The normalized spacial score (nSPS) is 33.7. The van der Waals surface area contributed by atoms with E-state index in [1.54, 1.807) is 0 Å². The number of amides is 1. The summed E-state index contributed by atoms with van der Waals surface area (Å²) in [5, 5.41) is 9.13. The first-order valence-electron chi connectivity index (χ1n) is 6.26. The van der Waals surface area contributed by atoms with Gasteiger partial charge in [0.05, 0.1) is 0 Å². The lowest BCUT2D eigenvalue weighted by Crippen LogP contribution is -2.52. The second-order valence-electron chi connectivity index (χ2n) is 4.94. The summed E-state index contributed by atoms with van der Waals surface area (Å²) in [6.07, 6.45) is 2.76. The Hall–Kier alpha value is -1.10. The molecule has 0 aromatic carbocycles. The van der Waals surface area contributed by atoms with E-state index in [0.29, 0.717) is 19.6 Å². The molecule has 2 saturated heterocycles. The molecule has 2 rings (SSSR count). The van der Waals surface area contributed by atoms with Crippen LogP contribution in [0, 0.1) is 5.92 Å². The monoisotopic (exact) mass is 241 g/mol. The summed E-state index contributed by atoms with van der Waals surface area (Å²) >= 11 is 0. The lowest BCUT2D eigenvalue weighted by molar-refractivity contribution is -0.157. The van der Waals surface area contributed by atoms with Crippen LogP contribution >= 0.6 is 0 Å². The number of carboxylic acid groups (broad SMARTS) is 1. The van der Waals surface area contributed by atoms with E-state index >= 15 is 0 Å². The second-order valence-corrected chi connectivity index (χ2v) is 4.94. The lowest BCUT2D eigenvalue weighted by Gasteiger charge is -2.35. The minimum absolute atomic E-state index is 0.137. The predicted molar refractivity (Wildman–Crippen MR) is 60.5 cm³/mol. The van der Waals surface area contributed by atoms with E-state index in [0.717, 1.165) is 19.3 Å². The van der Waals surface area contributed by atoms with Crippen LogP contribution in [0.1, 0.15) is 32.6 Å². The molecule has 96 valence electrons. The summed E-state index contributed by atoms with van der Waals surface area (Å²) in [5.41, 5.74) is 0. The van der Waals surface area contributed by atoms with Crippen LogP contribution < -0.4 is 0 Å². The number of carboxylic acids is 1. The van der Waals surface area contributed by atoms with Crippen LogP contribution in [0.3, 0.4) is 0 Å². The van der Waals surface area contributed by atoms with Crippen molar-refractivity contribution in [3.63, 3.8) is 0 Å². The third-order valence-electron chi connectivity index (χ3n) is 3.70. The van der Waals surface area contributed by atoms with E-state index < -0.39 is 18.1 Å². The fourth-order valence-corrected chi connectivity index (χ4v) is 2.63. The van der Waals surface area contributed by atoms with E-state index in [-0.39, 0.29) is 11.8 Å². The number of hydrogen-bond acceptors (Lipinski definition) is 3. The number of piperidine rings is 1. The highest BCUT2D eigenvalue weighted by Crippen LogP contribution is 2.25. The van der Waals surface area contributed by atoms with Crippen molar-refractivity contribution in [1.82, 2.24) is 4.90 Å². The fraction of sp³-hybridized carbons (Fsp3) is 0.833. The molecule has 17 heavy (non-hydrogen) atoms. The average Bonchev–Trinajstić information content (AvgIpc) is 2.74. The molecule has 2 aliphatic heterocycles. The average molecular weight is 241 g/mol. The number of carbonyl (C=O) groups is 2. The first-order valence-corrected chi connectivity index (χ1v) is 6.26. The first kappa shape index (κ1) is 12.4. The van der Waals surface area contributed by atoms with Gasteiger partial charge >= 0.3 is 5.97 Å². The number of nitrogens with zero attached hydrogens (tertiary/aromatic N) is 1. The van der Waals surface area contributed by atoms with Gasteiger partial charge < -0.3 is 14.7 Å². The van der Waals surface area contributed by atoms with Crippen LogP contribution in [0.2, 0.25) is 0 Å². The fourth-order valence-electron chi connectivity index (χ4n) is 2.63. The van der Waals surface area contributed by atoms with Crippen LogP contribution in [0.4, 0.5) is 0 Å². The number of hydrogen-bond donors (Lipinski definition) is 1. The van der Waals surface area contributed by atoms with Crippen molar-refractivity contribution in [2.24, 2.45) is 5.92 Å². The van der Waals surface area contributed by atoms with Crippen molar-refractivity contribution < 1.29 is 19.4 Å². The highest BCUT2D eigenvalue weighted by molar-refractivity contribution is 5.87. The van der Waals surface area contributed by atoms with E-state index in [2.05, 4.69) is 0 Å². The molecule has 0 aromatic rings. The van der Waals surface area contributed by atoms with Gasteiger partial charge in [-0.3, -0.25) is 4.79 Å². The molecule has 2 heterocycles. The zero-order valence-corrected chi connectivity index (χ0v) is 10.1. The van der Waals surface area contributed by atoms with Gasteiger partial charge in [0.25, 0.3) is 5.91 Å². The van der Waals surface area contributed by atoms with Gasteiger partial charge in [-0.05, 0) is 31.6 Å². The largest absolute Gasteiger partial charge is 0.480 e. The van der Waals surface area contributed by atoms with Gasteiger partial charge in [0.2, 0.25) is 0 Å². The van der Waals surface area contributed by atoms with Crippen LogP contribution in [-0.4, -0.2) is 47.2 Å². The quantitative estimate of drug-likeness (QED) is 0.779. The molecule has 0 aliphatic carbocycles. The molecule has 0 bridgehead atoms. The molecule has 2 aliphatic rings. The molecule has 0 spiro atoms. The van der Waals surface area contributed by atoms with E-state index in [1.807, 2.05) is 6.92 Å². The van der Waals surface area contributed by atoms with Crippen molar-refractivity contribution in [3.8, 4) is 0 Å². The van der Waals surface area contributed by atoms with Crippen LogP contribution in [0.5, 0.6) is 0 Å². The zero-order valence-electron chi connectivity index (χ0n) is 10.1. The maximum absolute atomic E-state index is 12.3. The molecule has 0 radical (unpaired) electrons. The maximum atomic E-state index is 12.3. The molecule has 0 saturated carbocycles. The molecule has 5 heteroatoms. The highest BCUT2D eigenvalue weighted by Gasteiger charge is 2.39. The smallest absolute Gasteiger partial charge is 0.326 e. The molecule has 0 aromatic heterocycles. The van der Waals surface area contributed by atoms with Crippen molar-refractivity contribution in [2.75, 3.05) is 13.2 Å². The SMILES string of the molecule is CC1CCOC1C(=O)N1CCCC[C@@H]1C(=O)O. The molecule has 1 N–H and O–H groups in total. The summed E-state index contributed by atoms with van der Waals surface area (Å²) in [4.78, 5) is 24.9. The number of ether oxygens (including phenoxy) is 1. The lowest BCUT2D eigenvalue weighted by atomic mass is 9.98. The minimum atomic E-state index is -0.899. The van der Waals surface area contributed by atoms with Gasteiger partial charge in [0.1, 0.15) is 12.1 Å². The number of rotatable bonds is 2. The topological polar surface area (TPSA) is 66.8 Å². The number of carbonyl (C=O) groups excluding carboxylic acids is 1. The summed E-state index contributed by atoms with van der Waals surface area (Å²) in [7, 11) is 0. The van der Waals surface area contributed by atoms with E-state index in [4.69, 9.17) is 9.84 Å². The molecule has 2 unspecified atom stereocenters. The summed E-state index contributed by atoms with van der Waals surface area (Å²) < 4.78 is 5.42. The highest BCUT2D eigenvalue weighted by atomic mass is 16.5. The Morgan fingerprint density at radius 2 is 2.06 bits per heavy atom. The molecular formula is C12H19NO4. The van der Waals surface area contributed by atoms with Gasteiger partial charge in [-0.25, -0.2) is 4.79 Å². The Labute approximate surface area is 101 Å². The molecule has 3 atom stereocenters. The van der Waals surface area contributed by atoms with Gasteiger partial charge in [0.15, 0.2) is 0 Å². The molecule has 2 fully saturated rings. The van der Waals surface area contributed by atoms with Gasteiger partial charge in [-0.15, -0.1) is 0 Å². The van der Waals surface area contributed by atoms with Crippen molar-refractivity contribution >= 4 is 11.9 Å². The maximum Gasteiger partial charge on any atom is 0.326 e. The van der Waals surface area contributed by atoms with Crippen LogP contribution in [0.25, 0.3) is 0 Å². The van der Waals surface area contributed by atoms with Crippen LogP contribution in [0.15, 0.2) is 0 Å². The Morgan fingerprint density at radius 3 is 2.65 bits per heavy atom. The van der Waals surface area contributed by atoms with Crippen molar-refractivity contribution in [2.45, 2.75) is 44.8 Å². The van der Waals surface area contributed by atoms with Crippen molar-refractivity contribution in [3.05, 3.63) is 0 Å². The van der Waals surface area contributed by atoms with E-state index in [9.17, 15) is 9.59 Å². The third-order valence-corrected chi connectivity index (χ3v) is 3.70. The minimum Gasteiger partial charge on any atom is -0.480 e. The Morgan fingerprint density at radius 1 is 1.29 bits per heavy atom. The number of likely N-dealkylation sites (tertiary alicyclic amines) is 1. The second kappa shape index (κ2) is 5.04. The third kappa shape index (κ3) is 2.44. The molecular weight excluding hydrogens is 222 g/mol. The van der Waals surface area contributed by atoms with Gasteiger partial charge in [-0.2, -0.15) is 0 Å². The summed E-state index contributed by atoms with van der Waals surface area (Å²) in [6.45, 7) is 3.13. The zero-order chi connectivity index (χ0) is 12.4. The van der Waals surface area contributed by atoms with Gasteiger partial charge in [-0.1, -0.05) is 6.92 Å². The first-order chi connectivity index (χ1) is 8.11. The molecule has 1 amide bonds. The van der Waals surface area contributed by atoms with E-state index in [1.165, 1.54) is 4.90 Å². The Balaban J connectivity index is 2.08. The Kier molecular flexibility index (Phi) is 3.66. The van der Waals surface area contributed by atoms with Gasteiger partial charge in [0, 0.05) is 13.2 Å². The number of aliphatic carboxylic acids is 1. The predicted octanol–water partition coefficient (Wildman–Crippen LogP) is 0.877. The van der Waals surface area contributed by atoms with Crippen molar-refractivity contribution in [1.29, 1.82) is 0 Å². The summed E-state index contributed by atoms with van der Waals surface area (Å²) in [6, 6.07) is -0.660. The van der Waals surface area contributed by atoms with Crippen LogP contribution in [-0.2, 0) is 14.3 Å².